The summed E-state index contributed by atoms with van der Waals surface area (Å²) in [7, 11) is 3.29. The van der Waals surface area contributed by atoms with E-state index in [0.717, 1.165) is 28.6 Å². The van der Waals surface area contributed by atoms with Gasteiger partial charge in [0.15, 0.2) is 0 Å². The average Bonchev–Trinajstić information content (AvgIpc) is 2.81. The van der Waals surface area contributed by atoms with Crippen LogP contribution in [0.4, 0.5) is 0 Å². The maximum atomic E-state index is 4.99. The third kappa shape index (κ3) is 12.4. The van der Waals surface area contributed by atoms with Gasteiger partial charge in [0, 0.05) is 35.5 Å². The fourth-order valence-electron chi connectivity index (χ4n) is 2.22. The van der Waals surface area contributed by atoms with Gasteiger partial charge in [0.1, 0.15) is 11.5 Å². The van der Waals surface area contributed by atoms with E-state index >= 15 is 0 Å². The van der Waals surface area contributed by atoms with E-state index < -0.39 is 0 Å². The summed E-state index contributed by atoms with van der Waals surface area (Å²) in [5.41, 5.74) is 3.25. The van der Waals surface area contributed by atoms with Crippen molar-refractivity contribution in [2.75, 3.05) is 14.2 Å². The lowest BCUT2D eigenvalue weighted by atomic mass is 10.1. The predicted molar refractivity (Wildman–Crippen MR) is 130 cm³/mol. The SMILES string of the molecule is CC.CC(C)c1ccccn1.COc1ccc(C(C)C)nc1.COc1ccnc(C)c1. The molecule has 0 N–H and O–H groups in total. The Labute approximate surface area is 188 Å². The third-order valence-electron chi connectivity index (χ3n) is 3.97. The quantitative estimate of drug-likeness (QED) is 0.458. The van der Waals surface area contributed by atoms with Gasteiger partial charge in [0.05, 0.1) is 20.4 Å². The minimum absolute atomic E-state index is 0.487. The second-order valence-corrected chi connectivity index (χ2v) is 7.02. The molecule has 0 saturated heterocycles. The molecule has 0 bridgehead atoms. The molecular formula is C26H39N3O2. The zero-order valence-corrected chi connectivity index (χ0v) is 20.6. The first-order chi connectivity index (χ1) is 14.9. The molecule has 170 valence electrons. The first-order valence-corrected chi connectivity index (χ1v) is 10.7. The molecule has 0 aliphatic heterocycles. The number of hydrogen-bond donors (Lipinski definition) is 0. The van der Waals surface area contributed by atoms with E-state index in [0.29, 0.717) is 11.8 Å². The highest BCUT2D eigenvalue weighted by molar-refractivity contribution is 5.21. The van der Waals surface area contributed by atoms with E-state index in [-0.39, 0.29) is 0 Å². The van der Waals surface area contributed by atoms with Crippen LogP contribution in [0.25, 0.3) is 0 Å². The van der Waals surface area contributed by atoms with Crippen molar-refractivity contribution in [3.05, 3.63) is 78.1 Å². The van der Waals surface area contributed by atoms with E-state index in [9.17, 15) is 0 Å². The van der Waals surface area contributed by atoms with Crippen LogP contribution < -0.4 is 9.47 Å². The molecule has 0 spiro atoms. The first-order valence-electron chi connectivity index (χ1n) is 10.7. The monoisotopic (exact) mass is 425 g/mol. The van der Waals surface area contributed by atoms with Gasteiger partial charge < -0.3 is 9.47 Å². The molecule has 0 aliphatic rings. The average molecular weight is 426 g/mol. The minimum atomic E-state index is 0.487. The molecule has 0 unspecified atom stereocenters. The molecule has 3 aromatic rings. The van der Waals surface area contributed by atoms with Gasteiger partial charge in [-0.25, -0.2) is 0 Å². The van der Waals surface area contributed by atoms with Gasteiger partial charge in [0.2, 0.25) is 0 Å². The van der Waals surface area contributed by atoms with Crippen molar-refractivity contribution in [3.8, 4) is 11.5 Å². The Morgan fingerprint density at radius 1 is 0.677 bits per heavy atom. The zero-order valence-electron chi connectivity index (χ0n) is 20.6. The van der Waals surface area contributed by atoms with E-state index in [2.05, 4.69) is 42.6 Å². The number of aromatic nitrogens is 3. The molecule has 0 atom stereocenters. The highest BCUT2D eigenvalue weighted by Gasteiger charge is 1.99. The second-order valence-electron chi connectivity index (χ2n) is 7.02. The number of nitrogens with zero attached hydrogens (tertiary/aromatic N) is 3. The highest BCUT2D eigenvalue weighted by Crippen LogP contribution is 2.14. The third-order valence-corrected chi connectivity index (χ3v) is 3.97. The van der Waals surface area contributed by atoms with Crippen LogP contribution in [0, 0.1) is 6.92 Å². The van der Waals surface area contributed by atoms with Crippen molar-refractivity contribution in [2.24, 2.45) is 0 Å². The first kappa shape index (κ1) is 28.1. The summed E-state index contributed by atoms with van der Waals surface area (Å²) in [6.45, 7) is 14.5. The van der Waals surface area contributed by atoms with Gasteiger partial charge in [-0.1, -0.05) is 47.6 Å². The lowest BCUT2D eigenvalue weighted by Crippen LogP contribution is -1.92. The molecular weight excluding hydrogens is 386 g/mol. The van der Waals surface area contributed by atoms with Gasteiger partial charge >= 0.3 is 0 Å². The number of rotatable bonds is 4. The Morgan fingerprint density at radius 2 is 1.29 bits per heavy atom. The van der Waals surface area contributed by atoms with E-state index in [1.54, 1.807) is 26.6 Å². The Kier molecular flexibility index (Phi) is 15.2. The molecule has 31 heavy (non-hydrogen) atoms. The number of methoxy groups -OCH3 is 2. The van der Waals surface area contributed by atoms with E-state index in [1.807, 2.05) is 69.4 Å². The highest BCUT2D eigenvalue weighted by atomic mass is 16.5. The van der Waals surface area contributed by atoms with Crippen LogP contribution >= 0.6 is 0 Å². The van der Waals surface area contributed by atoms with Crippen LogP contribution in [0.2, 0.25) is 0 Å². The van der Waals surface area contributed by atoms with Crippen molar-refractivity contribution in [1.29, 1.82) is 0 Å². The molecule has 0 radical (unpaired) electrons. The number of pyridine rings is 3. The maximum absolute atomic E-state index is 4.99. The number of hydrogen-bond acceptors (Lipinski definition) is 5. The van der Waals surface area contributed by atoms with Crippen molar-refractivity contribution in [1.82, 2.24) is 15.0 Å². The van der Waals surface area contributed by atoms with Gasteiger partial charge in [-0.2, -0.15) is 0 Å². The summed E-state index contributed by atoms with van der Waals surface area (Å²) in [5, 5.41) is 0. The normalized spacial score (nSPS) is 9.39. The van der Waals surface area contributed by atoms with Crippen LogP contribution in [-0.2, 0) is 0 Å². The molecule has 0 fully saturated rings. The summed E-state index contributed by atoms with van der Waals surface area (Å²) < 4.78 is 9.94. The number of ether oxygens (including phenoxy) is 2. The summed E-state index contributed by atoms with van der Waals surface area (Å²) in [5.74, 6) is 2.71. The molecule has 3 aromatic heterocycles. The smallest absolute Gasteiger partial charge is 0.137 e. The van der Waals surface area contributed by atoms with Crippen molar-refractivity contribution >= 4 is 0 Å². The molecule has 3 heterocycles. The number of aryl methyl sites for hydroxylation is 1. The minimum Gasteiger partial charge on any atom is -0.497 e. The van der Waals surface area contributed by atoms with Gasteiger partial charge in [-0.15, -0.1) is 0 Å². The zero-order chi connectivity index (χ0) is 23.6. The van der Waals surface area contributed by atoms with Gasteiger partial charge in [-0.05, 0) is 49.1 Å². The Hall–Kier alpha value is -2.95. The summed E-state index contributed by atoms with van der Waals surface area (Å²) in [4.78, 5) is 12.4. The lowest BCUT2D eigenvalue weighted by molar-refractivity contribution is 0.412. The Morgan fingerprint density at radius 3 is 1.65 bits per heavy atom. The summed E-state index contributed by atoms with van der Waals surface area (Å²) >= 11 is 0. The standard InChI is InChI=1S/C9H13NO.C8H11N.C7H9NO.C2H6/c1-7(2)9-5-4-8(11-3)6-10-9;1-7(2)8-5-3-4-6-9-8;1-6-5-7(9-2)3-4-8-6;1-2/h4-7H,1-3H3;3-7H,1-2H3;3-5H,1-2H3;1-2H3. The fraction of sp³-hybridized carbons (Fsp3) is 0.423. The van der Waals surface area contributed by atoms with Crippen molar-refractivity contribution < 1.29 is 9.47 Å². The summed E-state index contributed by atoms with van der Waals surface area (Å²) in [6.07, 6.45) is 5.30. The van der Waals surface area contributed by atoms with Crippen LogP contribution in [0.15, 0.2) is 61.1 Å². The molecule has 0 aromatic carbocycles. The second kappa shape index (κ2) is 16.8. The molecule has 3 rings (SSSR count). The van der Waals surface area contributed by atoms with Crippen molar-refractivity contribution in [3.63, 3.8) is 0 Å². The van der Waals surface area contributed by atoms with Crippen LogP contribution in [-0.4, -0.2) is 29.2 Å². The van der Waals surface area contributed by atoms with Gasteiger partial charge in [0.25, 0.3) is 0 Å². The fourth-order valence-corrected chi connectivity index (χ4v) is 2.22. The van der Waals surface area contributed by atoms with Crippen LogP contribution in [0.1, 0.15) is 70.5 Å². The Balaban J connectivity index is 0.000000421. The molecule has 0 saturated carbocycles. The summed E-state index contributed by atoms with van der Waals surface area (Å²) in [6, 6.07) is 13.6. The molecule has 0 aliphatic carbocycles. The lowest BCUT2D eigenvalue weighted by Gasteiger charge is -2.04. The topological polar surface area (TPSA) is 57.1 Å². The van der Waals surface area contributed by atoms with Gasteiger partial charge in [-0.3, -0.25) is 15.0 Å². The predicted octanol–water partition coefficient (Wildman–Crippen LogP) is 6.84. The maximum Gasteiger partial charge on any atom is 0.137 e. The Bertz CT molecular complexity index is 804. The van der Waals surface area contributed by atoms with Crippen LogP contribution in [0.5, 0.6) is 11.5 Å². The largest absolute Gasteiger partial charge is 0.497 e. The van der Waals surface area contributed by atoms with E-state index in [4.69, 9.17) is 9.47 Å². The molecule has 5 nitrogen and oxygen atoms in total. The van der Waals surface area contributed by atoms with Crippen LogP contribution in [0.3, 0.4) is 0 Å². The molecule has 5 heteroatoms. The van der Waals surface area contributed by atoms with Crippen molar-refractivity contribution in [2.45, 2.75) is 60.3 Å². The van der Waals surface area contributed by atoms with E-state index in [1.165, 1.54) is 0 Å². The molecule has 0 amide bonds.